The molecule has 0 radical (unpaired) electrons. The fraction of sp³-hybridized carbons (Fsp3) is 0.500. The molecule has 0 fully saturated rings. The molecule has 0 N–H and O–H groups in total. The summed E-state index contributed by atoms with van der Waals surface area (Å²) in [5, 5.41) is 1.12. The van der Waals surface area contributed by atoms with Gasteiger partial charge in [-0.15, -0.1) is 0 Å². The minimum absolute atomic E-state index is 0.00219. The van der Waals surface area contributed by atoms with Crippen LogP contribution in [0.4, 0.5) is 11.5 Å². The zero-order valence-corrected chi connectivity index (χ0v) is 18.0. The topological polar surface area (TPSA) is 41.4 Å². The summed E-state index contributed by atoms with van der Waals surface area (Å²) in [6.07, 6.45) is 1.70. The third-order valence-electron chi connectivity index (χ3n) is 5.16. The molecule has 1 aliphatic heterocycles. The van der Waals surface area contributed by atoms with E-state index in [1.54, 1.807) is 24.1 Å². The van der Waals surface area contributed by atoms with Gasteiger partial charge in [0, 0.05) is 24.5 Å². The van der Waals surface area contributed by atoms with E-state index >= 15 is 0 Å². The van der Waals surface area contributed by atoms with E-state index in [0.717, 1.165) is 24.4 Å². The number of amides is 1. The molecule has 146 valence electrons. The van der Waals surface area contributed by atoms with Crippen LogP contribution in [0.2, 0.25) is 10.0 Å². The normalized spacial score (nSPS) is 15.5. The number of rotatable bonds is 5. The molecule has 0 saturated heterocycles. The van der Waals surface area contributed by atoms with Gasteiger partial charge in [0.1, 0.15) is 5.82 Å². The van der Waals surface area contributed by atoms with Gasteiger partial charge in [0.2, 0.25) is 0 Å². The molecule has 1 amide bonds. The predicted octanol–water partition coefficient (Wildman–Crippen LogP) is 5.54. The fourth-order valence-corrected chi connectivity index (χ4v) is 4.34. The van der Waals surface area contributed by atoms with Crippen molar-refractivity contribution in [1.82, 2.24) is 14.5 Å². The van der Waals surface area contributed by atoms with Gasteiger partial charge < -0.3 is 14.4 Å². The van der Waals surface area contributed by atoms with Crippen molar-refractivity contribution in [2.45, 2.75) is 46.6 Å². The number of fused-ring (bicyclic) bond motifs is 1. The maximum absolute atomic E-state index is 13.1. The van der Waals surface area contributed by atoms with E-state index in [4.69, 9.17) is 28.2 Å². The van der Waals surface area contributed by atoms with Crippen molar-refractivity contribution in [3.63, 3.8) is 0 Å². The van der Waals surface area contributed by atoms with Gasteiger partial charge in [0.05, 0.1) is 17.4 Å². The summed E-state index contributed by atoms with van der Waals surface area (Å²) in [6.45, 7) is 8.99. The van der Waals surface area contributed by atoms with Crippen molar-refractivity contribution in [3.05, 3.63) is 39.8 Å². The van der Waals surface area contributed by atoms with Crippen LogP contribution in [0, 0.1) is 5.92 Å². The third-order valence-corrected chi connectivity index (χ3v) is 5.70. The zero-order chi connectivity index (χ0) is 19.9. The molecule has 5 nitrogen and oxygen atoms in total. The Labute approximate surface area is 170 Å². The molecular weight excluding hydrogens is 383 g/mol. The summed E-state index contributed by atoms with van der Waals surface area (Å²) in [4.78, 5) is 21.7. The fourth-order valence-electron chi connectivity index (χ4n) is 3.83. The van der Waals surface area contributed by atoms with Gasteiger partial charge in [-0.1, -0.05) is 50.9 Å². The van der Waals surface area contributed by atoms with Crippen molar-refractivity contribution < 1.29 is 4.79 Å². The summed E-state index contributed by atoms with van der Waals surface area (Å²) >= 11 is 12.5. The molecule has 3 rings (SSSR count). The van der Waals surface area contributed by atoms with Gasteiger partial charge in [-0.3, -0.25) is 4.79 Å². The third kappa shape index (κ3) is 3.43. The Morgan fingerprint density at radius 1 is 1.22 bits per heavy atom. The maximum atomic E-state index is 13.1. The molecule has 2 heterocycles. The standard InChI is InChI=1S/C20H26Cl2N4O/c1-6-15(12(3)4)26-17(7-2)23-19-18(26)20(27)24(5)11-25(19)16-9-8-13(21)10-14(16)22/h8-10,12,15H,6-7,11H2,1-5H3. The van der Waals surface area contributed by atoms with E-state index < -0.39 is 0 Å². The van der Waals surface area contributed by atoms with Crippen molar-refractivity contribution >= 4 is 40.6 Å². The molecule has 1 atom stereocenters. The van der Waals surface area contributed by atoms with E-state index in [2.05, 4.69) is 32.3 Å². The summed E-state index contributed by atoms with van der Waals surface area (Å²) in [7, 11) is 1.81. The maximum Gasteiger partial charge on any atom is 0.275 e. The zero-order valence-electron chi connectivity index (χ0n) is 16.5. The first-order valence-electron chi connectivity index (χ1n) is 9.39. The number of hydrogen-bond donors (Lipinski definition) is 0. The number of anilines is 2. The summed E-state index contributed by atoms with van der Waals surface area (Å²) in [5.74, 6) is 2.00. The second kappa shape index (κ2) is 7.72. The number of aryl methyl sites for hydroxylation is 1. The summed E-state index contributed by atoms with van der Waals surface area (Å²) in [6, 6.07) is 5.62. The first-order chi connectivity index (χ1) is 12.8. The molecule has 2 aromatic rings. The Morgan fingerprint density at radius 2 is 1.93 bits per heavy atom. The Balaban J connectivity index is 2.24. The average molecular weight is 409 g/mol. The molecule has 0 spiro atoms. The lowest BCUT2D eigenvalue weighted by Gasteiger charge is -2.35. The Hall–Kier alpha value is -1.72. The second-order valence-electron chi connectivity index (χ2n) is 7.31. The number of nitrogens with zero attached hydrogens (tertiary/aromatic N) is 4. The lowest BCUT2D eigenvalue weighted by molar-refractivity contribution is 0.0771. The highest BCUT2D eigenvalue weighted by Crippen LogP contribution is 2.40. The van der Waals surface area contributed by atoms with Crippen LogP contribution in [-0.2, 0) is 6.42 Å². The second-order valence-corrected chi connectivity index (χ2v) is 8.16. The first-order valence-corrected chi connectivity index (χ1v) is 10.1. The van der Waals surface area contributed by atoms with Crippen LogP contribution in [0.25, 0.3) is 0 Å². The van der Waals surface area contributed by atoms with Crippen LogP contribution >= 0.6 is 23.2 Å². The molecule has 1 aromatic carbocycles. The van der Waals surface area contributed by atoms with E-state index in [1.807, 2.05) is 11.0 Å². The van der Waals surface area contributed by atoms with Crippen LogP contribution in [0.5, 0.6) is 0 Å². The lowest BCUT2D eigenvalue weighted by atomic mass is 10.0. The van der Waals surface area contributed by atoms with E-state index in [0.29, 0.717) is 34.1 Å². The van der Waals surface area contributed by atoms with Crippen molar-refractivity contribution in [1.29, 1.82) is 0 Å². The van der Waals surface area contributed by atoms with Crippen LogP contribution in [0.1, 0.15) is 56.5 Å². The molecular formula is C20H26Cl2N4O. The van der Waals surface area contributed by atoms with E-state index in [1.165, 1.54) is 0 Å². The number of halogens is 2. The minimum Gasteiger partial charge on any atom is -0.322 e. The minimum atomic E-state index is -0.00219. The predicted molar refractivity (Wildman–Crippen MR) is 111 cm³/mol. The SMILES string of the molecule is CCc1nc2c(n1C(CC)C(C)C)C(=O)N(C)CN2c1ccc(Cl)cc1Cl. The molecule has 1 aliphatic rings. The summed E-state index contributed by atoms with van der Waals surface area (Å²) < 4.78 is 2.15. The number of carbonyl (C=O) groups excluding carboxylic acids is 1. The van der Waals surface area contributed by atoms with Crippen LogP contribution < -0.4 is 4.90 Å². The van der Waals surface area contributed by atoms with Gasteiger partial charge in [0.25, 0.3) is 5.91 Å². The molecule has 1 aromatic heterocycles. The number of aromatic nitrogens is 2. The quantitative estimate of drug-likeness (QED) is 0.651. The summed E-state index contributed by atoms with van der Waals surface area (Å²) in [5.41, 5.74) is 1.44. The highest BCUT2D eigenvalue weighted by atomic mass is 35.5. The molecule has 0 aliphatic carbocycles. The van der Waals surface area contributed by atoms with Crippen molar-refractivity contribution in [3.8, 4) is 0 Å². The number of benzene rings is 1. The molecule has 1 unspecified atom stereocenters. The Morgan fingerprint density at radius 3 is 2.48 bits per heavy atom. The van der Waals surface area contributed by atoms with Gasteiger partial charge >= 0.3 is 0 Å². The average Bonchev–Trinajstić information content (AvgIpc) is 2.98. The first kappa shape index (κ1) is 20.0. The van der Waals surface area contributed by atoms with Gasteiger partial charge in [-0.25, -0.2) is 4.98 Å². The monoisotopic (exact) mass is 408 g/mol. The van der Waals surface area contributed by atoms with Gasteiger partial charge in [-0.2, -0.15) is 0 Å². The van der Waals surface area contributed by atoms with Crippen LogP contribution in [-0.4, -0.2) is 34.1 Å². The van der Waals surface area contributed by atoms with Gasteiger partial charge in [-0.05, 0) is 30.5 Å². The number of hydrogen-bond acceptors (Lipinski definition) is 3. The van der Waals surface area contributed by atoms with E-state index in [-0.39, 0.29) is 11.9 Å². The Kier molecular flexibility index (Phi) is 5.73. The highest BCUT2D eigenvalue weighted by Gasteiger charge is 2.37. The number of carbonyl (C=O) groups is 1. The lowest BCUT2D eigenvalue weighted by Crippen LogP contribution is -2.43. The van der Waals surface area contributed by atoms with Crippen LogP contribution in [0.15, 0.2) is 18.2 Å². The number of imidazole rings is 1. The van der Waals surface area contributed by atoms with E-state index in [9.17, 15) is 4.79 Å². The van der Waals surface area contributed by atoms with Gasteiger partial charge in [0.15, 0.2) is 11.5 Å². The van der Waals surface area contributed by atoms with Crippen molar-refractivity contribution in [2.75, 3.05) is 18.6 Å². The molecule has 0 saturated carbocycles. The molecule has 0 bridgehead atoms. The van der Waals surface area contributed by atoms with Crippen LogP contribution in [0.3, 0.4) is 0 Å². The smallest absolute Gasteiger partial charge is 0.275 e. The molecule has 7 heteroatoms. The Bertz CT molecular complexity index is 862. The molecule has 27 heavy (non-hydrogen) atoms. The van der Waals surface area contributed by atoms with Crippen molar-refractivity contribution in [2.24, 2.45) is 5.92 Å². The largest absolute Gasteiger partial charge is 0.322 e. The highest BCUT2D eigenvalue weighted by molar-refractivity contribution is 6.36.